The van der Waals surface area contributed by atoms with E-state index in [2.05, 4.69) is 0 Å². The molecule has 22 heavy (non-hydrogen) atoms. The van der Waals surface area contributed by atoms with E-state index >= 15 is 0 Å². The summed E-state index contributed by atoms with van der Waals surface area (Å²) < 4.78 is 5.32. The molecule has 0 atom stereocenters. The maximum atomic E-state index is 12.0. The van der Waals surface area contributed by atoms with Crippen LogP contribution in [0.2, 0.25) is 0 Å². The molecule has 1 aliphatic rings. The molecule has 1 aromatic carbocycles. The number of piperidine rings is 1. The fourth-order valence-electron chi connectivity index (χ4n) is 2.59. The zero-order chi connectivity index (χ0) is 15.9. The summed E-state index contributed by atoms with van der Waals surface area (Å²) in [6.07, 6.45) is 1.21. The van der Waals surface area contributed by atoms with E-state index in [9.17, 15) is 9.59 Å². The molecular formula is C16H23N3O3. The molecule has 1 heterocycles. The van der Waals surface area contributed by atoms with Crippen LogP contribution in [-0.4, -0.2) is 54.5 Å². The predicted octanol–water partition coefficient (Wildman–Crippen LogP) is 1.20. The maximum absolute atomic E-state index is 12.0. The molecular weight excluding hydrogens is 282 g/mol. The fraction of sp³-hybridized carbons (Fsp3) is 0.500. The number of likely N-dealkylation sites (tertiary alicyclic amines) is 1. The van der Waals surface area contributed by atoms with Crippen LogP contribution < -0.4 is 5.73 Å². The van der Waals surface area contributed by atoms with Crippen molar-refractivity contribution >= 4 is 12.0 Å². The van der Waals surface area contributed by atoms with Gasteiger partial charge in [-0.15, -0.1) is 0 Å². The number of carbonyl (C=O) groups excluding carboxylic acids is 2. The zero-order valence-electron chi connectivity index (χ0n) is 12.9. The van der Waals surface area contributed by atoms with Gasteiger partial charge in [0.25, 0.3) is 0 Å². The average Bonchev–Trinajstić information content (AvgIpc) is 2.59. The molecule has 1 fully saturated rings. The summed E-state index contributed by atoms with van der Waals surface area (Å²) in [6.45, 7) is 1.50. The van der Waals surface area contributed by atoms with Gasteiger partial charge in [-0.2, -0.15) is 0 Å². The van der Waals surface area contributed by atoms with Crippen molar-refractivity contribution in [1.82, 2.24) is 9.80 Å². The third-order valence-corrected chi connectivity index (χ3v) is 4.04. The summed E-state index contributed by atoms with van der Waals surface area (Å²) in [5.41, 5.74) is 6.35. The van der Waals surface area contributed by atoms with Crippen molar-refractivity contribution in [3.8, 4) is 0 Å². The van der Waals surface area contributed by atoms with Gasteiger partial charge in [0, 0.05) is 26.2 Å². The number of hydrogen-bond acceptors (Lipinski definition) is 4. The number of amides is 2. The minimum Gasteiger partial charge on any atom is -0.445 e. The molecule has 0 unspecified atom stereocenters. The third kappa shape index (κ3) is 4.21. The molecule has 1 aliphatic heterocycles. The third-order valence-electron chi connectivity index (χ3n) is 4.04. The minimum atomic E-state index is -0.296. The molecule has 0 bridgehead atoms. The lowest BCUT2D eigenvalue weighted by molar-refractivity contribution is -0.131. The lowest BCUT2D eigenvalue weighted by Gasteiger charge is -2.36. The van der Waals surface area contributed by atoms with Gasteiger partial charge in [0.15, 0.2) is 0 Å². The summed E-state index contributed by atoms with van der Waals surface area (Å²) >= 11 is 0. The lowest BCUT2D eigenvalue weighted by Crippen LogP contribution is -2.48. The van der Waals surface area contributed by atoms with Gasteiger partial charge in [-0.25, -0.2) is 4.79 Å². The van der Waals surface area contributed by atoms with Crippen LogP contribution in [-0.2, 0) is 16.1 Å². The molecule has 6 heteroatoms. The highest BCUT2D eigenvalue weighted by Gasteiger charge is 2.27. The van der Waals surface area contributed by atoms with E-state index in [1.54, 1.807) is 16.8 Å². The highest BCUT2D eigenvalue weighted by atomic mass is 16.6. The highest BCUT2D eigenvalue weighted by Crippen LogP contribution is 2.16. The second kappa shape index (κ2) is 7.79. The Morgan fingerprint density at radius 2 is 1.91 bits per heavy atom. The first-order chi connectivity index (χ1) is 10.6. The van der Waals surface area contributed by atoms with Crippen molar-refractivity contribution in [2.75, 3.05) is 26.7 Å². The standard InChI is InChI=1S/C16H23N3O3/c1-18(15(20)11-17)14-7-9-19(10-8-14)16(21)22-12-13-5-3-2-4-6-13/h2-6,14H,7-12,17H2,1H3. The average molecular weight is 305 g/mol. The number of benzene rings is 1. The first-order valence-electron chi connectivity index (χ1n) is 7.53. The van der Waals surface area contributed by atoms with Crippen molar-refractivity contribution in [2.24, 2.45) is 5.73 Å². The summed E-state index contributed by atoms with van der Waals surface area (Å²) in [5, 5.41) is 0. The van der Waals surface area contributed by atoms with Crippen LogP contribution in [0.25, 0.3) is 0 Å². The Balaban J connectivity index is 1.76. The molecule has 0 radical (unpaired) electrons. The second-order valence-electron chi connectivity index (χ2n) is 5.47. The van der Waals surface area contributed by atoms with Gasteiger partial charge >= 0.3 is 6.09 Å². The summed E-state index contributed by atoms with van der Waals surface area (Å²) in [5.74, 6) is -0.0647. The Labute approximate surface area is 130 Å². The molecule has 0 saturated carbocycles. The highest BCUT2D eigenvalue weighted by molar-refractivity contribution is 5.78. The molecule has 2 rings (SSSR count). The molecule has 2 N–H and O–H groups in total. The lowest BCUT2D eigenvalue weighted by atomic mass is 10.0. The molecule has 2 amide bonds. The summed E-state index contributed by atoms with van der Waals surface area (Å²) in [6, 6.07) is 9.75. The molecule has 6 nitrogen and oxygen atoms in total. The second-order valence-corrected chi connectivity index (χ2v) is 5.47. The first-order valence-corrected chi connectivity index (χ1v) is 7.53. The smallest absolute Gasteiger partial charge is 0.410 e. The largest absolute Gasteiger partial charge is 0.445 e. The van der Waals surface area contributed by atoms with Crippen LogP contribution >= 0.6 is 0 Å². The molecule has 0 spiro atoms. The molecule has 0 aromatic heterocycles. The Morgan fingerprint density at radius 3 is 2.50 bits per heavy atom. The summed E-state index contributed by atoms with van der Waals surface area (Å²) in [7, 11) is 1.77. The Hall–Kier alpha value is -2.08. The van der Waals surface area contributed by atoms with Crippen molar-refractivity contribution in [3.63, 3.8) is 0 Å². The van der Waals surface area contributed by atoms with E-state index in [4.69, 9.17) is 10.5 Å². The van der Waals surface area contributed by atoms with E-state index in [0.29, 0.717) is 13.1 Å². The minimum absolute atomic E-state index is 0.0236. The van der Waals surface area contributed by atoms with Crippen molar-refractivity contribution in [3.05, 3.63) is 35.9 Å². The topological polar surface area (TPSA) is 75.9 Å². The van der Waals surface area contributed by atoms with E-state index < -0.39 is 0 Å². The van der Waals surface area contributed by atoms with Crippen molar-refractivity contribution < 1.29 is 14.3 Å². The van der Waals surface area contributed by atoms with E-state index in [1.165, 1.54) is 0 Å². The molecule has 120 valence electrons. The maximum Gasteiger partial charge on any atom is 0.410 e. The van der Waals surface area contributed by atoms with Crippen LogP contribution in [0, 0.1) is 0 Å². The monoisotopic (exact) mass is 305 g/mol. The van der Waals surface area contributed by atoms with E-state index in [0.717, 1.165) is 18.4 Å². The van der Waals surface area contributed by atoms with Gasteiger partial charge in [-0.05, 0) is 18.4 Å². The molecule has 1 saturated heterocycles. The van der Waals surface area contributed by atoms with Crippen molar-refractivity contribution in [1.29, 1.82) is 0 Å². The van der Waals surface area contributed by atoms with Crippen LogP contribution in [0.4, 0.5) is 4.79 Å². The van der Waals surface area contributed by atoms with E-state index in [-0.39, 0.29) is 31.2 Å². The SMILES string of the molecule is CN(C(=O)CN)C1CCN(C(=O)OCc2ccccc2)CC1. The predicted molar refractivity (Wildman–Crippen MR) is 83.0 cm³/mol. The normalized spacial score (nSPS) is 15.5. The van der Waals surface area contributed by atoms with Gasteiger partial charge in [0.1, 0.15) is 6.61 Å². The van der Waals surface area contributed by atoms with Crippen LogP contribution in [0.1, 0.15) is 18.4 Å². The van der Waals surface area contributed by atoms with Crippen molar-refractivity contribution in [2.45, 2.75) is 25.5 Å². The molecule has 1 aromatic rings. The van der Waals surface area contributed by atoms with Gasteiger partial charge < -0.3 is 20.3 Å². The Bertz CT molecular complexity index is 499. The quantitative estimate of drug-likeness (QED) is 0.907. The van der Waals surface area contributed by atoms with Gasteiger partial charge in [0.2, 0.25) is 5.91 Å². The number of likely N-dealkylation sites (N-methyl/N-ethyl adjacent to an activating group) is 1. The number of nitrogens with two attached hydrogens (primary N) is 1. The van der Waals surface area contributed by atoms with Crippen LogP contribution in [0.15, 0.2) is 30.3 Å². The van der Waals surface area contributed by atoms with Gasteiger partial charge in [-0.3, -0.25) is 4.79 Å². The van der Waals surface area contributed by atoms with Crippen LogP contribution in [0.3, 0.4) is 0 Å². The fourth-order valence-corrected chi connectivity index (χ4v) is 2.59. The van der Waals surface area contributed by atoms with E-state index in [1.807, 2.05) is 30.3 Å². The number of carbonyl (C=O) groups is 2. The number of hydrogen-bond donors (Lipinski definition) is 1. The number of nitrogens with zero attached hydrogens (tertiary/aromatic N) is 2. The number of ether oxygens (including phenoxy) is 1. The number of rotatable bonds is 4. The van der Waals surface area contributed by atoms with Gasteiger partial charge in [0.05, 0.1) is 6.54 Å². The first kappa shape index (κ1) is 16.3. The van der Waals surface area contributed by atoms with Crippen LogP contribution in [0.5, 0.6) is 0 Å². The Morgan fingerprint density at radius 1 is 1.27 bits per heavy atom. The molecule has 0 aliphatic carbocycles. The van der Waals surface area contributed by atoms with Gasteiger partial charge in [-0.1, -0.05) is 30.3 Å². The Kier molecular flexibility index (Phi) is 5.77. The summed E-state index contributed by atoms with van der Waals surface area (Å²) in [4.78, 5) is 27.0. The zero-order valence-corrected chi connectivity index (χ0v) is 12.9.